The van der Waals surface area contributed by atoms with Crippen LogP contribution < -0.4 is 0 Å². The Morgan fingerprint density at radius 2 is 2.13 bits per heavy atom. The van der Waals surface area contributed by atoms with Crippen molar-refractivity contribution < 1.29 is 9.53 Å². The SMILES string of the molecule is CCCOC(=O)C1CCCC(CC)SS1. The average molecular weight is 248 g/mol. The van der Waals surface area contributed by atoms with Gasteiger partial charge in [-0.15, -0.1) is 0 Å². The van der Waals surface area contributed by atoms with Gasteiger partial charge >= 0.3 is 5.97 Å². The van der Waals surface area contributed by atoms with Gasteiger partial charge in [0, 0.05) is 5.25 Å². The lowest BCUT2D eigenvalue weighted by molar-refractivity contribution is -0.143. The number of rotatable bonds is 4. The summed E-state index contributed by atoms with van der Waals surface area (Å²) in [5.41, 5.74) is 0. The van der Waals surface area contributed by atoms with E-state index in [0.29, 0.717) is 6.61 Å². The minimum Gasteiger partial charge on any atom is -0.465 e. The van der Waals surface area contributed by atoms with Crippen molar-refractivity contribution in [3.05, 3.63) is 0 Å². The lowest BCUT2D eigenvalue weighted by Crippen LogP contribution is -2.19. The zero-order chi connectivity index (χ0) is 11.1. The molecule has 1 saturated heterocycles. The second-order valence-corrected chi connectivity index (χ2v) is 6.59. The monoisotopic (exact) mass is 248 g/mol. The predicted molar refractivity (Wildman–Crippen MR) is 68.2 cm³/mol. The first-order valence-electron chi connectivity index (χ1n) is 5.76. The minimum atomic E-state index is -0.00824. The molecule has 1 heterocycles. The van der Waals surface area contributed by atoms with Gasteiger partial charge < -0.3 is 4.74 Å². The summed E-state index contributed by atoms with van der Waals surface area (Å²) in [6.07, 6.45) is 5.50. The maximum atomic E-state index is 11.6. The molecule has 88 valence electrons. The van der Waals surface area contributed by atoms with Crippen LogP contribution in [-0.2, 0) is 9.53 Å². The van der Waals surface area contributed by atoms with Gasteiger partial charge in [0.2, 0.25) is 0 Å². The molecule has 1 aliphatic heterocycles. The molecule has 0 spiro atoms. The van der Waals surface area contributed by atoms with E-state index in [-0.39, 0.29) is 11.2 Å². The maximum absolute atomic E-state index is 11.6. The van der Waals surface area contributed by atoms with E-state index >= 15 is 0 Å². The zero-order valence-electron chi connectivity index (χ0n) is 9.53. The van der Waals surface area contributed by atoms with Gasteiger partial charge in [0.05, 0.1) is 6.61 Å². The topological polar surface area (TPSA) is 26.3 Å². The molecule has 0 aromatic carbocycles. The van der Waals surface area contributed by atoms with Crippen LogP contribution in [0.4, 0.5) is 0 Å². The van der Waals surface area contributed by atoms with Crippen molar-refractivity contribution in [2.24, 2.45) is 0 Å². The molecule has 0 N–H and O–H groups in total. The lowest BCUT2D eigenvalue weighted by Gasteiger charge is -2.12. The zero-order valence-corrected chi connectivity index (χ0v) is 11.2. The van der Waals surface area contributed by atoms with Gasteiger partial charge in [0.1, 0.15) is 5.25 Å². The highest BCUT2D eigenvalue weighted by Crippen LogP contribution is 2.40. The summed E-state index contributed by atoms with van der Waals surface area (Å²) < 4.78 is 5.18. The minimum absolute atomic E-state index is 0.00824. The molecule has 0 saturated carbocycles. The van der Waals surface area contributed by atoms with Crippen molar-refractivity contribution in [2.45, 2.75) is 56.5 Å². The summed E-state index contributed by atoms with van der Waals surface area (Å²) in [4.78, 5) is 11.6. The molecule has 0 aromatic rings. The van der Waals surface area contributed by atoms with E-state index in [4.69, 9.17) is 4.74 Å². The first kappa shape index (κ1) is 13.2. The first-order chi connectivity index (χ1) is 7.27. The van der Waals surface area contributed by atoms with Crippen molar-refractivity contribution >= 4 is 27.6 Å². The molecule has 0 amide bonds. The normalized spacial score (nSPS) is 27.1. The third-order valence-corrected chi connectivity index (χ3v) is 5.93. The van der Waals surface area contributed by atoms with Crippen LogP contribution in [0.25, 0.3) is 0 Å². The van der Waals surface area contributed by atoms with Crippen LogP contribution in [0.1, 0.15) is 46.0 Å². The molecule has 1 rings (SSSR count). The fourth-order valence-corrected chi connectivity index (χ4v) is 4.69. The van der Waals surface area contributed by atoms with Gasteiger partial charge in [-0.05, 0) is 25.7 Å². The highest BCUT2D eigenvalue weighted by Gasteiger charge is 2.25. The van der Waals surface area contributed by atoms with Gasteiger partial charge in [0.25, 0.3) is 0 Å². The van der Waals surface area contributed by atoms with Gasteiger partial charge in [-0.1, -0.05) is 41.9 Å². The summed E-state index contributed by atoms with van der Waals surface area (Å²) in [5, 5.41) is 0.789. The molecule has 2 unspecified atom stereocenters. The Bertz CT molecular complexity index is 197. The van der Waals surface area contributed by atoms with Crippen molar-refractivity contribution in [1.82, 2.24) is 0 Å². The number of esters is 1. The number of hydrogen-bond donors (Lipinski definition) is 0. The van der Waals surface area contributed by atoms with Gasteiger partial charge in [-0.3, -0.25) is 4.79 Å². The molecule has 0 radical (unpaired) electrons. The Morgan fingerprint density at radius 3 is 2.80 bits per heavy atom. The number of ether oxygens (including phenoxy) is 1. The molecular weight excluding hydrogens is 228 g/mol. The Labute approximate surface area is 100 Å². The molecule has 1 fully saturated rings. The summed E-state index contributed by atoms with van der Waals surface area (Å²) in [7, 11) is 3.59. The quantitative estimate of drug-likeness (QED) is 0.560. The van der Waals surface area contributed by atoms with Crippen LogP contribution >= 0.6 is 21.6 Å². The predicted octanol–water partition coefficient (Wildman–Crippen LogP) is 3.65. The third-order valence-electron chi connectivity index (χ3n) is 2.47. The highest BCUT2D eigenvalue weighted by atomic mass is 33.1. The second-order valence-electron chi connectivity index (χ2n) is 3.81. The van der Waals surface area contributed by atoms with Crippen LogP contribution in [-0.4, -0.2) is 23.1 Å². The van der Waals surface area contributed by atoms with Crippen molar-refractivity contribution in [1.29, 1.82) is 0 Å². The standard InChI is InChI=1S/C11H20O2S2/c1-3-8-13-11(12)10-7-5-6-9(4-2)14-15-10/h9-10H,3-8H2,1-2H3. The van der Waals surface area contributed by atoms with Gasteiger partial charge in [-0.25, -0.2) is 0 Å². The van der Waals surface area contributed by atoms with E-state index in [1.807, 2.05) is 17.7 Å². The van der Waals surface area contributed by atoms with Gasteiger partial charge in [0.15, 0.2) is 0 Å². The van der Waals surface area contributed by atoms with Crippen molar-refractivity contribution in [2.75, 3.05) is 6.61 Å². The molecule has 2 atom stereocenters. The molecule has 0 bridgehead atoms. The van der Waals surface area contributed by atoms with E-state index in [9.17, 15) is 4.79 Å². The van der Waals surface area contributed by atoms with Crippen molar-refractivity contribution in [3.63, 3.8) is 0 Å². The fraction of sp³-hybridized carbons (Fsp3) is 0.909. The smallest absolute Gasteiger partial charge is 0.319 e. The molecule has 15 heavy (non-hydrogen) atoms. The largest absolute Gasteiger partial charge is 0.465 e. The summed E-state index contributed by atoms with van der Waals surface area (Å²) >= 11 is 0. The Morgan fingerprint density at radius 1 is 1.33 bits per heavy atom. The lowest BCUT2D eigenvalue weighted by atomic mass is 10.1. The molecule has 1 aliphatic rings. The summed E-state index contributed by atoms with van der Waals surface area (Å²) in [6.45, 7) is 4.81. The third kappa shape index (κ3) is 4.68. The number of hydrogen-bond acceptors (Lipinski definition) is 4. The first-order valence-corrected chi connectivity index (χ1v) is 8.04. The number of carbonyl (C=O) groups excluding carboxylic acids is 1. The number of carbonyl (C=O) groups is 1. The van der Waals surface area contributed by atoms with E-state index in [0.717, 1.165) is 24.5 Å². The summed E-state index contributed by atoms with van der Waals surface area (Å²) in [5.74, 6) is -0.00824. The molecule has 4 heteroatoms. The van der Waals surface area contributed by atoms with Crippen molar-refractivity contribution in [3.8, 4) is 0 Å². The molecular formula is C11H20O2S2. The van der Waals surface area contributed by atoms with Crippen LogP contribution in [0, 0.1) is 0 Å². The Hall–Kier alpha value is 0.170. The second kappa shape index (κ2) is 7.44. The highest BCUT2D eigenvalue weighted by molar-refractivity contribution is 8.77. The van der Waals surface area contributed by atoms with E-state index in [1.165, 1.54) is 12.8 Å². The Balaban J connectivity index is 2.32. The van der Waals surface area contributed by atoms with Gasteiger partial charge in [-0.2, -0.15) is 0 Å². The fourth-order valence-electron chi connectivity index (χ4n) is 1.50. The summed E-state index contributed by atoms with van der Waals surface area (Å²) in [6, 6.07) is 0. The van der Waals surface area contributed by atoms with E-state index < -0.39 is 0 Å². The maximum Gasteiger partial charge on any atom is 0.319 e. The van der Waals surface area contributed by atoms with Crippen LogP contribution in [0.5, 0.6) is 0 Å². The molecule has 2 nitrogen and oxygen atoms in total. The molecule has 0 aliphatic carbocycles. The Kier molecular flexibility index (Phi) is 6.57. The average Bonchev–Trinajstić information content (AvgIpc) is 2.50. The van der Waals surface area contributed by atoms with E-state index in [2.05, 4.69) is 6.92 Å². The van der Waals surface area contributed by atoms with Crippen LogP contribution in [0.15, 0.2) is 0 Å². The van der Waals surface area contributed by atoms with Crippen LogP contribution in [0.2, 0.25) is 0 Å². The van der Waals surface area contributed by atoms with Crippen LogP contribution in [0.3, 0.4) is 0 Å². The van der Waals surface area contributed by atoms with E-state index in [1.54, 1.807) is 10.8 Å². The molecule has 0 aromatic heterocycles.